The highest BCUT2D eigenvalue weighted by Gasteiger charge is 2.28. The Bertz CT molecular complexity index is 754. The highest BCUT2D eigenvalue weighted by atomic mass is 15.3. The van der Waals surface area contributed by atoms with Gasteiger partial charge in [0.1, 0.15) is 12.1 Å². The molecule has 4 rings (SSSR count). The predicted octanol–water partition coefficient (Wildman–Crippen LogP) is 1.25. The molecule has 140 valence electrons. The smallest absolute Gasteiger partial charge is 0.135 e. The number of likely N-dealkylation sites (N-methyl/N-ethyl adjacent to an activating group) is 1. The standard InChI is InChI=1S/C19H29N7/c1-14-18(22-12-20-14)11-25-7-5-16-17(6-8-25)21-13-23-19(16)26-9-4-15(10-26)24(2)3/h12-13,15H,4-11H2,1-3H3,(H,20,22). The van der Waals surface area contributed by atoms with E-state index < -0.39 is 0 Å². The Morgan fingerprint density at radius 2 is 2.00 bits per heavy atom. The van der Waals surface area contributed by atoms with Gasteiger partial charge in [0, 0.05) is 56.4 Å². The third-order valence-corrected chi connectivity index (χ3v) is 5.86. The molecule has 1 unspecified atom stereocenters. The number of aromatic amines is 1. The van der Waals surface area contributed by atoms with Crippen molar-refractivity contribution in [2.45, 2.75) is 38.8 Å². The normalized spacial score (nSPS) is 21.2. The number of aryl methyl sites for hydroxylation is 1. The van der Waals surface area contributed by atoms with E-state index in [0.717, 1.165) is 57.1 Å². The predicted molar refractivity (Wildman–Crippen MR) is 102 cm³/mol. The lowest BCUT2D eigenvalue weighted by atomic mass is 10.1. The second kappa shape index (κ2) is 7.32. The molecule has 0 saturated carbocycles. The molecule has 1 fully saturated rings. The highest BCUT2D eigenvalue weighted by Crippen LogP contribution is 2.27. The largest absolute Gasteiger partial charge is 0.355 e. The van der Waals surface area contributed by atoms with E-state index in [0.29, 0.717) is 6.04 Å². The summed E-state index contributed by atoms with van der Waals surface area (Å²) in [6.45, 7) is 7.20. The molecule has 1 atom stereocenters. The number of rotatable bonds is 4. The van der Waals surface area contributed by atoms with Crippen LogP contribution in [-0.2, 0) is 19.4 Å². The lowest BCUT2D eigenvalue weighted by Gasteiger charge is -2.23. The first-order valence-corrected chi connectivity index (χ1v) is 9.57. The van der Waals surface area contributed by atoms with Crippen LogP contribution in [-0.4, -0.2) is 76.1 Å². The van der Waals surface area contributed by atoms with Gasteiger partial charge in [-0.25, -0.2) is 15.0 Å². The molecule has 7 nitrogen and oxygen atoms in total. The summed E-state index contributed by atoms with van der Waals surface area (Å²) in [7, 11) is 4.34. The summed E-state index contributed by atoms with van der Waals surface area (Å²) >= 11 is 0. The summed E-state index contributed by atoms with van der Waals surface area (Å²) in [5.41, 5.74) is 4.90. The molecule has 2 aliphatic heterocycles. The number of aromatic nitrogens is 4. The lowest BCUT2D eigenvalue weighted by molar-refractivity contribution is 0.275. The summed E-state index contributed by atoms with van der Waals surface area (Å²) in [6.07, 6.45) is 6.74. The Balaban J connectivity index is 1.49. The van der Waals surface area contributed by atoms with Gasteiger partial charge in [-0.15, -0.1) is 0 Å². The molecular formula is C19H29N7. The van der Waals surface area contributed by atoms with Crippen LogP contribution in [0.4, 0.5) is 5.82 Å². The number of nitrogens with zero attached hydrogens (tertiary/aromatic N) is 6. The zero-order chi connectivity index (χ0) is 18.1. The van der Waals surface area contributed by atoms with Crippen LogP contribution >= 0.6 is 0 Å². The van der Waals surface area contributed by atoms with Gasteiger partial charge in [-0.2, -0.15) is 0 Å². The third kappa shape index (κ3) is 3.46. The Kier molecular flexibility index (Phi) is 4.91. The maximum Gasteiger partial charge on any atom is 0.135 e. The van der Waals surface area contributed by atoms with Crippen molar-refractivity contribution in [3.05, 3.63) is 35.3 Å². The zero-order valence-electron chi connectivity index (χ0n) is 16.1. The van der Waals surface area contributed by atoms with E-state index in [9.17, 15) is 0 Å². The van der Waals surface area contributed by atoms with Gasteiger partial charge in [0.05, 0.1) is 17.7 Å². The van der Waals surface area contributed by atoms with Crippen molar-refractivity contribution in [2.24, 2.45) is 0 Å². The van der Waals surface area contributed by atoms with E-state index in [4.69, 9.17) is 0 Å². The first-order valence-electron chi connectivity index (χ1n) is 9.57. The number of imidazole rings is 1. The van der Waals surface area contributed by atoms with Gasteiger partial charge in [0.25, 0.3) is 0 Å². The molecule has 7 heteroatoms. The molecule has 0 bridgehead atoms. The van der Waals surface area contributed by atoms with Gasteiger partial charge in [0.2, 0.25) is 0 Å². The second-order valence-corrected chi connectivity index (χ2v) is 7.73. The molecule has 1 saturated heterocycles. The average molecular weight is 355 g/mol. The van der Waals surface area contributed by atoms with Crippen LogP contribution in [0.25, 0.3) is 0 Å². The molecule has 2 aromatic rings. The van der Waals surface area contributed by atoms with E-state index >= 15 is 0 Å². The van der Waals surface area contributed by atoms with E-state index in [2.05, 4.69) is 55.7 Å². The minimum atomic E-state index is 0.616. The Hall–Kier alpha value is -1.99. The first-order chi connectivity index (χ1) is 12.6. The molecule has 0 amide bonds. The monoisotopic (exact) mass is 355 g/mol. The van der Waals surface area contributed by atoms with Crippen LogP contribution in [0.3, 0.4) is 0 Å². The summed E-state index contributed by atoms with van der Waals surface area (Å²) in [6, 6.07) is 0.616. The Morgan fingerprint density at radius 3 is 2.73 bits per heavy atom. The molecule has 0 radical (unpaired) electrons. The van der Waals surface area contributed by atoms with E-state index in [-0.39, 0.29) is 0 Å². The molecule has 0 spiro atoms. The fourth-order valence-electron chi connectivity index (χ4n) is 4.10. The maximum atomic E-state index is 4.68. The molecule has 2 aromatic heterocycles. The molecule has 1 N–H and O–H groups in total. The fourth-order valence-corrected chi connectivity index (χ4v) is 4.10. The molecule has 26 heavy (non-hydrogen) atoms. The van der Waals surface area contributed by atoms with Gasteiger partial charge in [-0.1, -0.05) is 0 Å². The Morgan fingerprint density at radius 1 is 1.15 bits per heavy atom. The number of hydrogen-bond donors (Lipinski definition) is 1. The van der Waals surface area contributed by atoms with Gasteiger partial charge >= 0.3 is 0 Å². The minimum absolute atomic E-state index is 0.616. The van der Waals surface area contributed by atoms with Crippen LogP contribution in [0.2, 0.25) is 0 Å². The van der Waals surface area contributed by atoms with Crippen LogP contribution < -0.4 is 4.90 Å². The number of H-pyrrole nitrogens is 1. The molecule has 4 heterocycles. The van der Waals surface area contributed by atoms with Crippen molar-refractivity contribution in [1.29, 1.82) is 0 Å². The highest BCUT2D eigenvalue weighted by molar-refractivity contribution is 5.50. The van der Waals surface area contributed by atoms with Crippen molar-refractivity contribution in [3.63, 3.8) is 0 Å². The quantitative estimate of drug-likeness (QED) is 0.891. The molecule has 0 aliphatic carbocycles. The lowest BCUT2D eigenvalue weighted by Crippen LogP contribution is -2.32. The van der Waals surface area contributed by atoms with Crippen LogP contribution in [0.5, 0.6) is 0 Å². The molecular weight excluding hydrogens is 326 g/mol. The van der Waals surface area contributed by atoms with Crippen molar-refractivity contribution in [2.75, 3.05) is 45.2 Å². The maximum absolute atomic E-state index is 4.68. The van der Waals surface area contributed by atoms with Crippen molar-refractivity contribution in [3.8, 4) is 0 Å². The third-order valence-electron chi connectivity index (χ3n) is 5.86. The summed E-state index contributed by atoms with van der Waals surface area (Å²) in [4.78, 5) is 24.2. The van der Waals surface area contributed by atoms with Crippen LogP contribution in [0, 0.1) is 6.92 Å². The van der Waals surface area contributed by atoms with E-state index in [1.54, 1.807) is 12.7 Å². The molecule has 2 aliphatic rings. The van der Waals surface area contributed by atoms with Gasteiger partial charge in [-0.3, -0.25) is 4.90 Å². The number of nitrogens with one attached hydrogen (secondary N) is 1. The Labute approximate surface area is 155 Å². The number of fused-ring (bicyclic) bond motifs is 1. The van der Waals surface area contributed by atoms with Crippen molar-refractivity contribution in [1.82, 2.24) is 29.7 Å². The summed E-state index contributed by atoms with van der Waals surface area (Å²) < 4.78 is 0. The SMILES string of the molecule is Cc1[nH]cnc1CN1CCc2ncnc(N3CCC(N(C)C)C3)c2CC1. The van der Waals surface area contributed by atoms with Gasteiger partial charge in [0.15, 0.2) is 0 Å². The number of hydrogen-bond acceptors (Lipinski definition) is 6. The zero-order valence-corrected chi connectivity index (χ0v) is 16.1. The van der Waals surface area contributed by atoms with Crippen molar-refractivity contribution >= 4 is 5.82 Å². The summed E-state index contributed by atoms with van der Waals surface area (Å²) in [5.74, 6) is 1.16. The summed E-state index contributed by atoms with van der Waals surface area (Å²) in [5, 5.41) is 0. The topological polar surface area (TPSA) is 64.2 Å². The molecule has 0 aromatic carbocycles. The first kappa shape index (κ1) is 17.4. The minimum Gasteiger partial charge on any atom is -0.355 e. The van der Waals surface area contributed by atoms with Gasteiger partial charge in [-0.05, 0) is 33.9 Å². The van der Waals surface area contributed by atoms with E-state index in [1.165, 1.54) is 23.4 Å². The average Bonchev–Trinajstić information content (AvgIpc) is 3.22. The second-order valence-electron chi connectivity index (χ2n) is 7.73. The van der Waals surface area contributed by atoms with Gasteiger partial charge < -0.3 is 14.8 Å². The van der Waals surface area contributed by atoms with Crippen LogP contribution in [0.15, 0.2) is 12.7 Å². The van der Waals surface area contributed by atoms with Crippen molar-refractivity contribution < 1.29 is 0 Å². The van der Waals surface area contributed by atoms with Crippen LogP contribution in [0.1, 0.15) is 29.1 Å². The van der Waals surface area contributed by atoms with E-state index in [1.807, 2.05) is 0 Å². The number of anilines is 1. The fraction of sp³-hybridized carbons (Fsp3) is 0.632.